The molecule has 1 N–H and O–H groups in total. The molecule has 1 fully saturated rings. The van der Waals surface area contributed by atoms with E-state index in [1.807, 2.05) is 18.7 Å². The molecule has 2 aromatic heterocycles. The number of carboxylic acids is 1. The molecule has 29 heavy (non-hydrogen) atoms. The molecule has 152 valence electrons. The number of carboxylic acid groups (broad SMARTS) is 1. The molecule has 8 nitrogen and oxygen atoms in total. The third-order valence-electron chi connectivity index (χ3n) is 5.11. The maximum Gasteiger partial charge on any atom is 0.343 e. The van der Waals surface area contributed by atoms with Gasteiger partial charge in [0.15, 0.2) is 23.0 Å². The second kappa shape index (κ2) is 7.87. The second-order valence-corrected chi connectivity index (χ2v) is 7.87. The van der Waals surface area contributed by atoms with E-state index in [0.717, 1.165) is 12.8 Å². The van der Waals surface area contributed by atoms with Gasteiger partial charge in [0, 0.05) is 35.5 Å². The Bertz CT molecular complexity index is 1000. The highest BCUT2D eigenvalue weighted by molar-refractivity contribution is 6.30. The minimum Gasteiger partial charge on any atom is -0.477 e. The monoisotopic (exact) mass is 416 g/mol. The molecular weight excluding hydrogens is 396 g/mol. The normalized spacial score (nSPS) is 15.2. The summed E-state index contributed by atoms with van der Waals surface area (Å²) in [7, 11) is 0. The maximum absolute atomic E-state index is 12.0. The number of hydrogen-bond donors (Lipinski definition) is 1. The summed E-state index contributed by atoms with van der Waals surface area (Å²) in [6.45, 7) is 5.29. The maximum atomic E-state index is 12.0. The highest BCUT2D eigenvalue weighted by Gasteiger charge is 2.32. The van der Waals surface area contributed by atoms with Crippen molar-refractivity contribution in [1.82, 2.24) is 15.3 Å². The number of piperidine rings is 1. The Morgan fingerprint density at radius 1 is 1.17 bits per heavy atom. The Balaban J connectivity index is 1.53. The fraction of sp³-hybridized carbons (Fsp3) is 0.400. The van der Waals surface area contributed by atoms with Crippen LogP contribution in [-0.4, -0.2) is 39.5 Å². The summed E-state index contributed by atoms with van der Waals surface area (Å²) in [5.74, 6) is 1.22. The number of hydrogen-bond acceptors (Lipinski definition) is 7. The third-order valence-corrected chi connectivity index (χ3v) is 5.36. The fourth-order valence-corrected chi connectivity index (χ4v) is 3.60. The molecule has 3 heterocycles. The van der Waals surface area contributed by atoms with Crippen LogP contribution < -0.4 is 4.90 Å². The predicted octanol–water partition coefficient (Wildman–Crippen LogP) is 4.58. The molecule has 0 unspecified atom stereocenters. The lowest BCUT2D eigenvalue weighted by molar-refractivity contribution is 0.0697. The van der Waals surface area contributed by atoms with Crippen LogP contribution in [0.1, 0.15) is 60.6 Å². The average molecular weight is 417 g/mol. The quantitative estimate of drug-likeness (QED) is 0.644. The van der Waals surface area contributed by atoms with Crippen molar-refractivity contribution in [3.05, 3.63) is 46.6 Å². The number of carbonyl (C=O) groups is 1. The average Bonchev–Trinajstić information content (AvgIpc) is 3.36. The standard InChI is InChI=1S/C20H21ClN4O4/c1-11(2)17-22-19(29-23-17)13-7-9-25(10-8-13)18-15(20(26)27)16(28-24-18)12-3-5-14(21)6-4-12/h3-6,11,13H,7-10H2,1-2H3,(H,26,27). The zero-order valence-corrected chi connectivity index (χ0v) is 16.9. The van der Waals surface area contributed by atoms with E-state index in [1.54, 1.807) is 24.3 Å². The van der Waals surface area contributed by atoms with Crippen LogP contribution in [0.25, 0.3) is 11.3 Å². The molecule has 0 radical (unpaired) electrons. The number of benzene rings is 1. The third kappa shape index (κ3) is 3.85. The highest BCUT2D eigenvalue weighted by Crippen LogP contribution is 2.35. The van der Waals surface area contributed by atoms with Crippen molar-refractivity contribution in [3.63, 3.8) is 0 Å². The van der Waals surface area contributed by atoms with Gasteiger partial charge in [0.2, 0.25) is 5.89 Å². The van der Waals surface area contributed by atoms with E-state index in [4.69, 9.17) is 20.6 Å². The first-order valence-electron chi connectivity index (χ1n) is 9.51. The lowest BCUT2D eigenvalue weighted by Gasteiger charge is -2.30. The predicted molar refractivity (Wildman–Crippen MR) is 106 cm³/mol. The SMILES string of the molecule is CC(C)c1noc(C2CCN(c3noc(-c4ccc(Cl)cc4)c3C(=O)O)CC2)n1. The van der Waals surface area contributed by atoms with Crippen molar-refractivity contribution in [2.24, 2.45) is 0 Å². The number of anilines is 1. The van der Waals surface area contributed by atoms with Gasteiger partial charge in [-0.25, -0.2) is 4.79 Å². The molecule has 0 saturated carbocycles. The Morgan fingerprint density at radius 2 is 1.86 bits per heavy atom. The van der Waals surface area contributed by atoms with Crippen LogP contribution in [0.4, 0.5) is 5.82 Å². The number of aromatic nitrogens is 3. The van der Waals surface area contributed by atoms with Gasteiger partial charge in [-0.2, -0.15) is 4.98 Å². The minimum absolute atomic E-state index is 0.0608. The van der Waals surface area contributed by atoms with Gasteiger partial charge in [0.1, 0.15) is 0 Å². The summed E-state index contributed by atoms with van der Waals surface area (Å²) in [6, 6.07) is 6.80. The van der Waals surface area contributed by atoms with E-state index >= 15 is 0 Å². The van der Waals surface area contributed by atoms with Crippen LogP contribution >= 0.6 is 11.6 Å². The molecule has 1 aliphatic heterocycles. The van der Waals surface area contributed by atoms with Crippen molar-refractivity contribution in [1.29, 1.82) is 0 Å². The molecule has 0 atom stereocenters. The molecule has 1 saturated heterocycles. The fourth-order valence-electron chi connectivity index (χ4n) is 3.47. The number of aromatic carboxylic acids is 1. The van der Waals surface area contributed by atoms with Gasteiger partial charge in [-0.3, -0.25) is 0 Å². The molecule has 4 rings (SSSR count). The van der Waals surface area contributed by atoms with Crippen LogP contribution in [-0.2, 0) is 0 Å². The lowest BCUT2D eigenvalue weighted by atomic mass is 9.96. The van der Waals surface area contributed by atoms with Crippen molar-refractivity contribution < 1.29 is 18.9 Å². The Labute approximate surface area is 172 Å². The summed E-state index contributed by atoms with van der Waals surface area (Å²) < 4.78 is 10.8. The highest BCUT2D eigenvalue weighted by atomic mass is 35.5. The van der Waals surface area contributed by atoms with Gasteiger partial charge in [-0.15, -0.1) is 0 Å². The topological polar surface area (TPSA) is 105 Å². The van der Waals surface area contributed by atoms with E-state index in [2.05, 4.69) is 15.3 Å². The summed E-state index contributed by atoms with van der Waals surface area (Å²) in [6.07, 6.45) is 1.53. The van der Waals surface area contributed by atoms with Crippen molar-refractivity contribution in [2.75, 3.05) is 18.0 Å². The Morgan fingerprint density at radius 3 is 2.45 bits per heavy atom. The number of halogens is 1. The minimum atomic E-state index is -1.08. The summed E-state index contributed by atoms with van der Waals surface area (Å²) in [5, 5.41) is 18.4. The molecule has 0 bridgehead atoms. The van der Waals surface area contributed by atoms with Crippen molar-refractivity contribution in [3.8, 4) is 11.3 Å². The molecule has 1 aliphatic rings. The van der Waals surface area contributed by atoms with Crippen LogP contribution in [0, 0.1) is 0 Å². The summed E-state index contributed by atoms with van der Waals surface area (Å²) in [5.41, 5.74) is 0.679. The first-order valence-corrected chi connectivity index (χ1v) is 9.89. The van der Waals surface area contributed by atoms with Crippen LogP contribution in [0.5, 0.6) is 0 Å². The first kappa shape index (κ1) is 19.4. The molecule has 9 heteroatoms. The number of rotatable bonds is 5. The smallest absolute Gasteiger partial charge is 0.343 e. The molecule has 3 aromatic rings. The van der Waals surface area contributed by atoms with Crippen LogP contribution in [0.2, 0.25) is 5.02 Å². The van der Waals surface area contributed by atoms with Gasteiger partial charge in [0.05, 0.1) is 0 Å². The van der Waals surface area contributed by atoms with E-state index in [-0.39, 0.29) is 23.2 Å². The van der Waals surface area contributed by atoms with E-state index in [1.165, 1.54) is 0 Å². The number of nitrogens with zero attached hydrogens (tertiary/aromatic N) is 4. The molecule has 0 amide bonds. The molecule has 0 spiro atoms. The summed E-state index contributed by atoms with van der Waals surface area (Å²) >= 11 is 5.92. The van der Waals surface area contributed by atoms with Gasteiger partial charge >= 0.3 is 5.97 Å². The van der Waals surface area contributed by atoms with E-state index in [9.17, 15) is 9.90 Å². The molecule has 1 aromatic carbocycles. The zero-order valence-electron chi connectivity index (χ0n) is 16.1. The summed E-state index contributed by atoms with van der Waals surface area (Å²) in [4.78, 5) is 18.4. The van der Waals surface area contributed by atoms with Gasteiger partial charge in [0.25, 0.3) is 0 Å². The van der Waals surface area contributed by atoms with Gasteiger partial charge in [-0.1, -0.05) is 35.8 Å². The second-order valence-electron chi connectivity index (χ2n) is 7.43. The van der Waals surface area contributed by atoms with Crippen LogP contribution in [0.15, 0.2) is 33.3 Å². The Kier molecular flexibility index (Phi) is 5.27. The van der Waals surface area contributed by atoms with Gasteiger partial charge in [-0.05, 0) is 37.1 Å². The van der Waals surface area contributed by atoms with E-state index in [0.29, 0.717) is 41.2 Å². The zero-order chi connectivity index (χ0) is 20.5. The lowest BCUT2D eigenvalue weighted by Crippen LogP contribution is -2.34. The first-order chi connectivity index (χ1) is 13.9. The molecular formula is C20H21ClN4O4. The molecule has 0 aliphatic carbocycles. The van der Waals surface area contributed by atoms with Gasteiger partial charge < -0.3 is 19.1 Å². The van der Waals surface area contributed by atoms with Crippen molar-refractivity contribution in [2.45, 2.75) is 38.5 Å². The Hall–Kier alpha value is -2.87. The van der Waals surface area contributed by atoms with Crippen molar-refractivity contribution >= 4 is 23.4 Å². The largest absolute Gasteiger partial charge is 0.477 e. The van der Waals surface area contributed by atoms with Crippen LogP contribution in [0.3, 0.4) is 0 Å². The van der Waals surface area contributed by atoms with E-state index < -0.39 is 5.97 Å².